The molecule has 0 atom stereocenters. The van der Waals surface area contributed by atoms with Gasteiger partial charge in [0.15, 0.2) is 0 Å². The molecule has 0 bridgehead atoms. The van der Waals surface area contributed by atoms with Crippen LogP contribution in [0.3, 0.4) is 0 Å². The van der Waals surface area contributed by atoms with E-state index < -0.39 is 0 Å². The number of rotatable bonds is 0. The van der Waals surface area contributed by atoms with Crippen molar-refractivity contribution in [3.63, 3.8) is 0 Å². The van der Waals surface area contributed by atoms with Crippen molar-refractivity contribution >= 4 is 64.9 Å². The van der Waals surface area contributed by atoms with Gasteiger partial charge >= 0.3 is 92.8 Å². The first-order valence-corrected chi connectivity index (χ1v) is 0. The van der Waals surface area contributed by atoms with Crippen LogP contribution in [0.15, 0.2) is 0 Å². The van der Waals surface area contributed by atoms with Crippen LogP contribution >= 0.6 is 41.0 Å². The fourth-order valence-corrected chi connectivity index (χ4v) is 0. The van der Waals surface area contributed by atoms with Gasteiger partial charge in [0.1, 0.15) is 0 Å². The molecule has 0 saturated heterocycles. The predicted molar refractivity (Wildman–Crippen MR) is 35.4 cm³/mol. The van der Waals surface area contributed by atoms with E-state index in [1.807, 2.05) is 0 Å². The monoisotopic (exact) mass is 464 g/mol. The Morgan fingerprint density at radius 1 is 1.25 bits per heavy atom. The zero-order valence-corrected chi connectivity index (χ0v) is 16.9. The van der Waals surface area contributed by atoms with Crippen LogP contribution in [0, 0.1) is 0 Å². The zero-order valence-electron chi connectivity index (χ0n) is 3.52. The molecule has 4 heavy (non-hydrogen) atoms. The Kier molecular flexibility index (Phi) is 95.8. The first-order chi connectivity index (χ1) is 0. The molecule has 0 nitrogen and oxygen atoms in total. The minimum atomic E-state index is 0. The van der Waals surface area contributed by atoms with Crippen molar-refractivity contribution in [1.29, 1.82) is 0 Å². The molecule has 0 saturated carbocycles. The van der Waals surface area contributed by atoms with Gasteiger partial charge in [-0.3, -0.25) is 0 Å². The molecule has 0 amide bonds. The van der Waals surface area contributed by atoms with Crippen LogP contribution in [0.5, 0.6) is 0 Å². The summed E-state index contributed by atoms with van der Waals surface area (Å²) in [6.07, 6.45) is 0. The van der Waals surface area contributed by atoms with Crippen molar-refractivity contribution < 1.29 is 70.3 Å². The van der Waals surface area contributed by atoms with Gasteiger partial charge in [-0.05, 0) is 0 Å². The van der Waals surface area contributed by atoms with Crippen LogP contribution < -0.4 is 68.9 Å². The van der Waals surface area contributed by atoms with E-state index in [9.17, 15) is 0 Å². The molecule has 0 aromatic carbocycles. The van der Waals surface area contributed by atoms with Gasteiger partial charge in [0.2, 0.25) is 0 Å². The summed E-state index contributed by atoms with van der Waals surface area (Å²) in [5.41, 5.74) is 0. The fourth-order valence-electron chi connectivity index (χ4n) is 0. The maximum atomic E-state index is 0. The van der Waals surface area contributed by atoms with E-state index in [1.165, 1.54) is 0 Å². The summed E-state index contributed by atoms with van der Waals surface area (Å²) in [4.78, 5) is 0. The summed E-state index contributed by atoms with van der Waals surface area (Å²) in [7, 11) is 0. The summed E-state index contributed by atoms with van der Waals surface area (Å²) in [6.45, 7) is 0. The van der Waals surface area contributed by atoms with Crippen molar-refractivity contribution in [1.82, 2.24) is 0 Å². The van der Waals surface area contributed by atoms with Gasteiger partial charge in [0, 0.05) is 0 Å². The van der Waals surface area contributed by atoms with Crippen LogP contribution in [0.2, 0.25) is 0 Å². The van der Waals surface area contributed by atoms with Gasteiger partial charge in [0.25, 0.3) is 0 Å². The first kappa shape index (κ1) is 24.4. The Hall–Kier alpha value is 4.06. The van der Waals surface area contributed by atoms with Gasteiger partial charge in [0.05, 0.1) is 0 Å². The molecule has 24 valence electrons. The quantitative estimate of drug-likeness (QED) is 0.273. The van der Waals surface area contributed by atoms with E-state index in [2.05, 4.69) is 0 Å². The average Bonchev–Trinajstić information content (AvgIpc) is 0. The molecule has 0 N–H and O–H groups in total. The summed E-state index contributed by atoms with van der Waals surface area (Å²) in [5, 5.41) is 0. The van der Waals surface area contributed by atoms with E-state index in [-0.39, 0.29) is 135 Å². The summed E-state index contributed by atoms with van der Waals surface area (Å²) in [6, 6.07) is 0. The third-order valence-electron chi connectivity index (χ3n) is 0. The van der Waals surface area contributed by atoms with Crippen molar-refractivity contribution in [2.45, 2.75) is 0 Å². The average molecular weight is 463 g/mol. The second-order valence-electron chi connectivity index (χ2n) is 0. The maximum absolute atomic E-state index is 0. The van der Waals surface area contributed by atoms with Gasteiger partial charge < -0.3 is 1.43 Å². The molecule has 0 fully saturated rings. The molecular weight excluding hydrogens is 458 g/mol. The fraction of sp³-hybridized carbons (Fsp3) is 0. The number of hydrogen-bond donors (Lipinski definition) is 0. The van der Waals surface area contributed by atoms with Crippen LogP contribution in [0.1, 0.15) is 1.43 Å². The van der Waals surface area contributed by atoms with Crippen LogP contribution in [0.25, 0.3) is 0 Å². The molecule has 0 spiro atoms. The minimum absolute atomic E-state index is 0. The molecule has 0 aliphatic heterocycles. The molecule has 0 unspecified atom stereocenters. The van der Waals surface area contributed by atoms with Crippen molar-refractivity contribution in [2.75, 3.05) is 0 Å². The van der Waals surface area contributed by atoms with E-state index in [0.717, 1.165) is 0 Å². The molecule has 0 heterocycles. The normalized spacial score (nSPS) is 0. The Morgan fingerprint density at radius 2 is 1.25 bits per heavy atom. The van der Waals surface area contributed by atoms with E-state index >= 15 is 0 Å². The van der Waals surface area contributed by atoms with Crippen LogP contribution in [0.4, 0.5) is 0 Å². The van der Waals surface area contributed by atoms with Gasteiger partial charge in [-0.25, -0.2) is 0 Å². The third kappa shape index (κ3) is 9.41. The van der Waals surface area contributed by atoms with E-state index in [4.69, 9.17) is 0 Å². The summed E-state index contributed by atoms with van der Waals surface area (Å²) in [5.74, 6) is 0. The second-order valence-corrected chi connectivity index (χ2v) is 0. The van der Waals surface area contributed by atoms with E-state index in [0.29, 0.717) is 0 Å². The molecular formula is H5BrCsISn. The van der Waals surface area contributed by atoms with E-state index in [1.54, 1.807) is 0 Å². The number of hydrogen-bond acceptors (Lipinski definition) is 0. The van der Waals surface area contributed by atoms with Crippen molar-refractivity contribution in [3.05, 3.63) is 0 Å². The predicted octanol–water partition coefficient (Wildman–Crippen LogP) is -2.60. The molecule has 0 rings (SSSR count). The third-order valence-corrected chi connectivity index (χ3v) is 0. The van der Waals surface area contributed by atoms with Gasteiger partial charge in [-0.2, -0.15) is 0 Å². The number of halogens is 2. The van der Waals surface area contributed by atoms with Crippen LogP contribution in [-0.4, -0.2) is 23.9 Å². The molecule has 0 aliphatic carbocycles. The van der Waals surface area contributed by atoms with Crippen molar-refractivity contribution in [2.24, 2.45) is 0 Å². The van der Waals surface area contributed by atoms with Crippen molar-refractivity contribution in [3.8, 4) is 0 Å². The summed E-state index contributed by atoms with van der Waals surface area (Å²) < 4.78 is 0. The zero-order chi connectivity index (χ0) is 0. The Morgan fingerprint density at radius 3 is 1.25 bits per heavy atom. The molecule has 0 aliphatic rings. The van der Waals surface area contributed by atoms with Gasteiger partial charge in [-0.1, -0.05) is 0 Å². The first-order valence-electron chi connectivity index (χ1n) is 0. The Balaban J connectivity index is 0. The SMILES string of the molecule is Br.I.[Cs+].[H-].[SnH2]. The molecule has 4 heteroatoms. The standard InChI is InChI=1S/BrH.Cs.HI.Sn.3H/h1H;;1H;;;;/q;+1;;;;;-1. The summed E-state index contributed by atoms with van der Waals surface area (Å²) >= 11 is 0. The second kappa shape index (κ2) is 15.7. The van der Waals surface area contributed by atoms with Gasteiger partial charge in [-0.15, -0.1) is 41.0 Å². The Labute approximate surface area is 131 Å². The molecule has 0 aromatic rings. The topological polar surface area (TPSA) is 0 Å². The van der Waals surface area contributed by atoms with Crippen LogP contribution in [-0.2, 0) is 0 Å². The Bertz CT molecular complexity index is 11.6. The molecule has 0 aromatic heterocycles. The molecule has 2 radical (unpaired) electrons.